The van der Waals surface area contributed by atoms with Gasteiger partial charge in [0.2, 0.25) is 0 Å². The van der Waals surface area contributed by atoms with Crippen molar-refractivity contribution in [1.82, 2.24) is 15.1 Å². The molecule has 0 radical (unpaired) electrons. The smallest absolute Gasteiger partial charge is 0.0607 e. The van der Waals surface area contributed by atoms with Crippen LogP contribution >= 0.6 is 0 Å². The number of hydrogen-bond donors (Lipinski definition) is 1. The summed E-state index contributed by atoms with van der Waals surface area (Å²) in [5, 5.41) is 4.61. The molecule has 7 saturated carbocycles. The quantitative estimate of drug-likeness (QED) is 0.311. The molecule has 3 nitrogen and oxygen atoms in total. The van der Waals surface area contributed by atoms with Crippen LogP contribution in [0.5, 0.6) is 0 Å². The Bertz CT molecular complexity index is 1080. The second-order valence-corrected chi connectivity index (χ2v) is 21.1. The predicted octanol–water partition coefficient (Wildman–Crippen LogP) is 11.5. The van der Waals surface area contributed by atoms with Crippen LogP contribution in [0.1, 0.15) is 199 Å². The normalized spacial score (nSPS) is 48.8. The van der Waals surface area contributed by atoms with Crippen LogP contribution in [0.3, 0.4) is 0 Å². The molecule has 0 aromatic heterocycles. The maximum Gasteiger partial charge on any atom is 0.0607 e. The van der Waals surface area contributed by atoms with E-state index in [2.05, 4.69) is 15.1 Å². The Labute approximate surface area is 309 Å². The van der Waals surface area contributed by atoms with Crippen LogP contribution in [0.15, 0.2) is 0 Å². The summed E-state index contributed by atoms with van der Waals surface area (Å²) in [6, 6.07) is 5.48. The fourth-order valence-corrected chi connectivity index (χ4v) is 17.2. The van der Waals surface area contributed by atoms with Gasteiger partial charge in [-0.3, -0.25) is 15.1 Å². The first-order valence-corrected chi connectivity index (χ1v) is 24.1. The average molecular weight is 686 g/mol. The van der Waals surface area contributed by atoms with Gasteiger partial charge in [-0.15, -0.1) is 0 Å². The highest BCUT2D eigenvalue weighted by atomic mass is 15.3. The SMILES string of the molecule is C1CCC(C2CC(C3CCCCC3)NC(N3C4CCCCC4C4C(C5CCC6C7CCCCC7N(C7CCCCC7)C6C5)CCCC43)C2)CC1. The van der Waals surface area contributed by atoms with Gasteiger partial charge >= 0.3 is 0 Å². The van der Waals surface area contributed by atoms with Gasteiger partial charge < -0.3 is 0 Å². The van der Waals surface area contributed by atoms with E-state index >= 15 is 0 Å². The predicted molar refractivity (Wildman–Crippen MR) is 208 cm³/mol. The van der Waals surface area contributed by atoms with E-state index in [9.17, 15) is 0 Å². The number of fused-ring (bicyclic) bond motifs is 6. The lowest BCUT2D eigenvalue weighted by Gasteiger charge is -2.51. The zero-order valence-electron chi connectivity index (χ0n) is 32.6. The lowest BCUT2D eigenvalue weighted by molar-refractivity contribution is -0.0144. The lowest BCUT2D eigenvalue weighted by atomic mass is 9.59. The first-order valence-electron chi connectivity index (χ1n) is 24.1. The van der Waals surface area contributed by atoms with Gasteiger partial charge in [0, 0.05) is 36.3 Å². The van der Waals surface area contributed by atoms with Gasteiger partial charge in [-0.25, -0.2) is 0 Å². The molecule has 3 heteroatoms. The minimum atomic E-state index is 0.692. The van der Waals surface area contributed by atoms with Gasteiger partial charge in [0.05, 0.1) is 6.17 Å². The molecule has 3 heterocycles. The van der Waals surface area contributed by atoms with Crippen molar-refractivity contribution in [2.45, 2.75) is 241 Å². The first-order chi connectivity index (χ1) is 24.8. The largest absolute Gasteiger partial charge is 0.299 e. The van der Waals surface area contributed by atoms with Crippen LogP contribution in [0, 0.1) is 53.3 Å². The minimum Gasteiger partial charge on any atom is -0.299 e. The summed E-state index contributed by atoms with van der Waals surface area (Å²) in [5.74, 6) is 9.23. The summed E-state index contributed by atoms with van der Waals surface area (Å²) in [6.45, 7) is 0. The standard InChI is InChI=1S/C47H79N3/c1-4-15-32(16-5-1)35-29-41(33-17-6-2-7-18-33)48-46(31-35)50-43-25-13-11-22-40(43)47-37(23-14-26-44(47)50)34-27-28-39-38-21-10-12-24-42(38)49(45(39)30-34)36-19-8-3-9-20-36/h32-48H,1-31H2. The Morgan fingerprint density at radius 2 is 0.900 bits per heavy atom. The molecule has 10 rings (SSSR count). The molecule has 13 unspecified atom stereocenters. The van der Waals surface area contributed by atoms with Gasteiger partial charge in [0.1, 0.15) is 0 Å². The van der Waals surface area contributed by atoms with Gasteiger partial charge in [-0.05, 0) is 150 Å². The van der Waals surface area contributed by atoms with E-state index in [1.165, 1.54) is 141 Å². The van der Waals surface area contributed by atoms with E-state index in [0.29, 0.717) is 6.17 Å². The van der Waals surface area contributed by atoms with Crippen LogP contribution < -0.4 is 5.32 Å². The summed E-state index contributed by atoms with van der Waals surface area (Å²) >= 11 is 0. The lowest BCUT2D eigenvalue weighted by Crippen LogP contribution is -2.61. The zero-order valence-corrected chi connectivity index (χ0v) is 32.6. The molecule has 13 atom stereocenters. The molecule has 0 aromatic rings. The maximum atomic E-state index is 4.61. The van der Waals surface area contributed by atoms with Crippen molar-refractivity contribution in [2.24, 2.45) is 53.3 Å². The Kier molecular flexibility index (Phi) is 10.4. The van der Waals surface area contributed by atoms with E-state index in [1.54, 1.807) is 57.8 Å². The third-order valence-corrected chi connectivity index (χ3v) is 19.0. The van der Waals surface area contributed by atoms with Crippen LogP contribution in [-0.2, 0) is 0 Å². The average Bonchev–Trinajstić information content (AvgIpc) is 3.71. The van der Waals surface area contributed by atoms with Crippen molar-refractivity contribution in [2.75, 3.05) is 0 Å². The number of hydrogen-bond acceptors (Lipinski definition) is 3. The molecule has 10 fully saturated rings. The highest BCUT2D eigenvalue weighted by molar-refractivity contribution is 5.12. The molecular formula is C47H79N3. The van der Waals surface area contributed by atoms with Crippen molar-refractivity contribution in [3.63, 3.8) is 0 Å². The molecule has 282 valence electrons. The van der Waals surface area contributed by atoms with E-state index in [4.69, 9.17) is 0 Å². The van der Waals surface area contributed by atoms with E-state index in [0.717, 1.165) is 89.5 Å². The van der Waals surface area contributed by atoms with Crippen LogP contribution in [-0.4, -0.2) is 52.2 Å². The molecule has 0 aromatic carbocycles. The number of rotatable bonds is 5. The van der Waals surface area contributed by atoms with Crippen molar-refractivity contribution >= 4 is 0 Å². The molecule has 10 aliphatic rings. The van der Waals surface area contributed by atoms with Gasteiger partial charge in [-0.1, -0.05) is 103 Å². The molecule has 3 aliphatic heterocycles. The molecule has 0 amide bonds. The summed E-state index contributed by atoms with van der Waals surface area (Å²) in [4.78, 5) is 6.68. The molecule has 0 bridgehead atoms. The third kappa shape index (κ3) is 6.34. The summed E-state index contributed by atoms with van der Waals surface area (Å²) in [5.41, 5.74) is 0. The Morgan fingerprint density at radius 3 is 1.66 bits per heavy atom. The monoisotopic (exact) mass is 686 g/mol. The number of nitrogens with zero attached hydrogens (tertiary/aromatic N) is 2. The van der Waals surface area contributed by atoms with E-state index < -0.39 is 0 Å². The van der Waals surface area contributed by atoms with Crippen molar-refractivity contribution in [1.29, 1.82) is 0 Å². The Balaban J connectivity index is 0.917. The maximum absolute atomic E-state index is 4.61. The van der Waals surface area contributed by atoms with Crippen LogP contribution in [0.2, 0.25) is 0 Å². The second kappa shape index (κ2) is 15.2. The number of piperidine rings is 1. The summed E-state index contributed by atoms with van der Waals surface area (Å²) in [7, 11) is 0. The van der Waals surface area contributed by atoms with E-state index in [1.807, 2.05) is 0 Å². The van der Waals surface area contributed by atoms with Gasteiger partial charge in [0.25, 0.3) is 0 Å². The number of likely N-dealkylation sites (tertiary alicyclic amines) is 2. The van der Waals surface area contributed by atoms with Crippen molar-refractivity contribution in [3.8, 4) is 0 Å². The molecule has 0 spiro atoms. The minimum absolute atomic E-state index is 0.692. The first kappa shape index (κ1) is 34.4. The van der Waals surface area contributed by atoms with E-state index in [-0.39, 0.29) is 0 Å². The molecule has 1 N–H and O–H groups in total. The Morgan fingerprint density at radius 1 is 0.320 bits per heavy atom. The van der Waals surface area contributed by atoms with Crippen LogP contribution in [0.25, 0.3) is 0 Å². The van der Waals surface area contributed by atoms with Crippen LogP contribution in [0.4, 0.5) is 0 Å². The highest BCUT2D eigenvalue weighted by Crippen LogP contribution is 2.59. The van der Waals surface area contributed by atoms with Crippen molar-refractivity contribution < 1.29 is 0 Å². The zero-order chi connectivity index (χ0) is 33.0. The molecule has 3 saturated heterocycles. The molecule has 7 aliphatic carbocycles. The third-order valence-electron chi connectivity index (χ3n) is 19.0. The summed E-state index contributed by atoms with van der Waals surface area (Å²) < 4.78 is 0. The highest BCUT2D eigenvalue weighted by Gasteiger charge is 2.59. The summed E-state index contributed by atoms with van der Waals surface area (Å²) in [6.07, 6.45) is 48.3. The van der Waals surface area contributed by atoms with Crippen molar-refractivity contribution in [3.05, 3.63) is 0 Å². The second-order valence-electron chi connectivity index (χ2n) is 21.1. The Hall–Kier alpha value is -0.120. The number of nitrogens with one attached hydrogen (secondary N) is 1. The topological polar surface area (TPSA) is 18.5 Å². The molecular weight excluding hydrogens is 607 g/mol. The fourth-order valence-electron chi connectivity index (χ4n) is 17.2. The fraction of sp³-hybridized carbons (Fsp3) is 1.00. The van der Waals surface area contributed by atoms with Gasteiger partial charge in [-0.2, -0.15) is 0 Å². The van der Waals surface area contributed by atoms with Gasteiger partial charge in [0.15, 0.2) is 0 Å². The molecule has 50 heavy (non-hydrogen) atoms.